The van der Waals surface area contributed by atoms with E-state index in [1.54, 1.807) is 13.8 Å². The molecule has 0 atom stereocenters. The first-order valence-electron chi connectivity index (χ1n) is 6.68. The van der Waals surface area contributed by atoms with E-state index in [4.69, 9.17) is 0 Å². The molecular formula is C13H24N2O2S2. The first-order valence-corrected chi connectivity index (χ1v) is 9.21. The maximum atomic E-state index is 12.0. The zero-order valence-electron chi connectivity index (χ0n) is 12.4. The van der Waals surface area contributed by atoms with Gasteiger partial charge < -0.3 is 5.32 Å². The lowest BCUT2D eigenvalue weighted by molar-refractivity contribution is 0.586. The van der Waals surface area contributed by atoms with Gasteiger partial charge in [-0.3, -0.25) is 0 Å². The number of aromatic nitrogens is 1. The fourth-order valence-electron chi connectivity index (χ4n) is 1.63. The monoisotopic (exact) mass is 304 g/mol. The molecule has 4 nitrogen and oxygen atoms in total. The quantitative estimate of drug-likeness (QED) is 0.841. The summed E-state index contributed by atoms with van der Waals surface area (Å²) >= 11 is 1.52. The molecule has 6 heteroatoms. The highest BCUT2D eigenvalue weighted by Crippen LogP contribution is 2.27. The summed E-state index contributed by atoms with van der Waals surface area (Å²) in [6.07, 6.45) is 0. The van der Waals surface area contributed by atoms with Gasteiger partial charge in [0.25, 0.3) is 0 Å². The van der Waals surface area contributed by atoms with E-state index in [2.05, 4.69) is 31.1 Å². The van der Waals surface area contributed by atoms with E-state index in [0.717, 1.165) is 23.7 Å². The number of hydrogen-bond donors (Lipinski definition) is 1. The van der Waals surface area contributed by atoms with Crippen molar-refractivity contribution in [2.24, 2.45) is 0 Å². The molecule has 1 aromatic rings. The molecule has 0 saturated heterocycles. The van der Waals surface area contributed by atoms with Gasteiger partial charge >= 0.3 is 0 Å². The van der Waals surface area contributed by atoms with Crippen LogP contribution in [0, 0.1) is 0 Å². The minimum atomic E-state index is -3.07. The first kappa shape index (κ1) is 16.6. The van der Waals surface area contributed by atoms with E-state index in [1.807, 2.05) is 0 Å². The van der Waals surface area contributed by atoms with Crippen LogP contribution < -0.4 is 5.32 Å². The summed E-state index contributed by atoms with van der Waals surface area (Å²) < 4.78 is 23.9. The number of nitrogens with zero attached hydrogens (tertiary/aromatic N) is 1. The van der Waals surface area contributed by atoms with Gasteiger partial charge in [0.2, 0.25) is 0 Å². The van der Waals surface area contributed by atoms with E-state index in [1.165, 1.54) is 11.3 Å². The van der Waals surface area contributed by atoms with Crippen LogP contribution in [-0.4, -0.2) is 25.2 Å². The molecule has 0 saturated carbocycles. The summed E-state index contributed by atoms with van der Waals surface area (Å²) in [5.74, 6) is 0.377. The number of rotatable bonds is 7. The second kappa shape index (κ2) is 6.81. The van der Waals surface area contributed by atoms with Crippen molar-refractivity contribution in [2.75, 3.05) is 6.54 Å². The molecular weight excluding hydrogens is 280 g/mol. The minimum absolute atomic E-state index is 0.0567. The fourth-order valence-corrected chi connectivity index (χ4v) is 4.09. The lowest BCUT2D eigenvalue weighted by atomic mass is 10.1. The Bertz CT molecular complexity index is 505. The summed E-state index contributed by atoms with van der Waals surface area (Å²) in [6.45, 7) is 11.3. The number of thiazole rings is 1. The molecule has 19 heavy (non-hydrogen) atoms. The molecule has 0 aliphatic carbocycles. The molecule has 0 bridgehead atoms. The SMILES string of the molecule is CCNCc1sc(CS(=O)(=O)C(C)C)nc1C(C)C. The molecule has 0 fully saturated rings. The smallest absolute Gasteiger partial charge is 0.159 e. The first-order chi connectivity index (χ1) is 8.77. The Morgan fingerprint density at radius 2 is 1.89 bits per heavy atom. The zero-order chi connectivity index (χ0) is 14.6. The second-order valence-electron chi connectivity index (χ2n) is 5.21. The molecule has 0 aromatic carbocycles. The Morgan fingerprint density at radius 1 is 1.26 bits per heavy atom. The number of hydrogen-bond acceptors (Lipinski definition) is 5. The Balaban J connectivity index is 2.98. The third kappa shape index (κ3) is 4.54. The minimum Gasteiger partial charge on any atom is -0.312 e. The van der Waals surface area contributed by atoms with Gasteiger partial charge in [-0.05, 0) is 26.3 Å². The van der Waals surface area contributed by atoms with Crippen molar-refractivity contribution in [2.45, 2.75) is 58.1 Å². The van der Waals surface area contributed by atoms with Crippen molar-refractivity contribution >= 4 is 21.2 Å². The summed E-state index contributed by atoms with van der Waals surface area (Å²) in [7, 11) is -3.07. The third-order valence-corrected chi connectivity index (χ3v) is 6.26. The Kier molecular flexibility index (Phi) is 5.95. The van der Waals surface area contributed by atoms with E-state index < -0.39 is 9.84 Å². The summed E-state index contributed by atoms with van der Waals surface area (Å²) in [5.41, 5.74) is 1.03. The zero-order valence-corrected chi connectivity index (χ0v) is 14.0. The highest BCUT2D eigenvalue weighted by Gasteiger charge is 2.21. The Hall–Kier alpha value is -0.460. The van der Waals surface area contributed by atoms with Crippen molar-refractivity contribution < 1.29 is 8.42 Å². The molecule has 1 N–H and O–H groups in total. The molecule has 0 aliphatic heterocycles. The predicted molar refractivity (Wildman–Crippen MR) is 81.3 cm³/mol. The van der Waals surface area contributed by atoms with Crippen molar-refractivity contribution in [3.8, 4) is 0 Å². The topological polar surface area (TPSA) is 59.1 Å². The van der Waals surface area contributed by atoms with Crippen LogP contribution in [0.2, 0.25) is 0 Å². The Labute approximate surface area is 120 Å². The van der Waals surface area contributed by atoms with Crippen LogP contribution in [0.15, 0.2) is 0 Å². The van der Waals surface area contributed by atoms with Crippen LogP contribution in [0.3, 0.4) is 0 Å². The molecule has 0 aliphatic rings. The van der Waals surface area contributed by atoms with Gasteiger partial charge in [0, 0.05) is 11.4 Å². The van der Waals surface area contributed by atoms with Crippen LogP contribution in [0.1, 0.15) is 56.1 Å². The van der Waals surface area contributed by atoms with Crippen LogP contribution in [0.5, 0.6) is 0 Å². The van der Waals surface area contributed by atoms with Crippen LogP contribution in [-0.2, 0) is 22.1 Å². The van der Waals surface area contributed by atoms with E-state index in [9.17, 15) is 8.42 Å². The van der Waals surface area contributed by atoms with Gasteiger partial charge in [0.15, 0.2) is 9.84 Å². The largest absolute Gasteiger partial charge is 0.312 e. The van der Waals surface area contributed by atoms with Gasteiger partial charge in [-0.2, -0.15) is 0 Å². The average Bonchev–Trinajstić information content (AvgIpc) is 2.68. The molecule has 0 amide bonds. The summed E-state index contributed by atoms with van der Waals surface area (Å²) in [5, 5.41) is 3.64. The van der Waals surface area contributed by atoms with Gasteiger partial charge in [0.05, 0.1) is 10.9 Å². The fraction of sp³-hybridized carbons (Fsp3) is 0.769. The van der Waals surface area contributed by atoms with Gasteiger partial charge in [-0.15, -0.1) is 11.3 Å². The number of sulfone groups is 1. The third-order valence-electron chi connectivity index (χ3n) is 2.90. The Morgan fingerprint density at radius 3 is 2.37 bits per heavy atom. The van der Waals surface area contributed by atoms with Gasteiger partial charge in [-0.1, -0.05) is 20.8 Å². The van der Waals surface area contributed by atoms with Gasteiger partial charge in [0.1, 0.15) is 10.8 Å². The lowest BCUT2D eigenvalue weighted by Gasteiger charge is -2.05. The molecule has 0 unspecified atom stereocenters. The molecule has 110 valence electrons. The number of nitrogens with one attached hydrogen (secondary N) is 1. The summed E-state index contributed by atoms with van der Waals surface area (Å²) in [6, 6.07) is 0. The molecule has 1 heterocycles. The maximum Gasteiger partial charge on any atom is 0.159 e. The normalized spacial score (nSPS) is 12.6. The van der Waals surface area contributed by atoms with Crippen molar-refractivity contribution in [1.29, 1.82) is 0 Å². The predicted octanol–water partition coefficient (Wildman–Crippen LogP) is 2.70. The highest BCUT2D eigenvalue weighted by molar-refractivity contribution is 7.91. The average molecular weight is 304 g/mol. The highest BCUT2D eigenvalue weighted by atomic mass is 32.2. The standard InChI is InChI=1S/C13H24N2O2S2/c1-6-14-7-11-13(9(2)3)15-12(18-11)8-19(16,17)10(4)5/h9-10,14H,6-8H2,1-5H3. The van der Waals surface area contributed by atoms with E-state index in [0.29, 0.717) is 10.9 Å². The summed E-state index contributed by atoms with van der Waals surface area (Å²) in [4.78, 5) is 5.69. The van der Waals surface area contributed by atoms with Crippen LogP contribution in [0.4, 0.5) is 0 Å². The van der Waals surface area contributed by atoms with Crippen LogP contribution >= 0.6 is 11.3 Å². The molecule has 1 aromatic heterocycles. The van der Waals surface area contributed by atoms with E-state index in [-0.39, 0.29) is 11.0 Å². The second-order valence-corrected chi connectivity index (χ2v) is 8.93. The van der Waals surface area contributed by atoms with Crippen molar-refractivity contribution in [3.63, 3.8) is 0 Å². The van der Waals surface area contributed by atoms with Gasteiger partial charge in [-0.25, -0.2) is 13.4 Å². The molecule has 0 radical (unpaired) electrons. The maximum absolute atomic E-state index is 12.0. The lowest BCUT2D eigenvalue weighted by Crippen LogP contribution is -2.15. The van der Waals surface area contributed by atoms with Crippen LogP contribution in [0.25, 0.3) is 0 Å². The van der Waals surface area contributed by atoms with Crippen molar-refractivity contribution in [3.05, 3.63) is 15.6 Å². The van der Waals surface area contributed by atoms with E-state index >= 15 is 0 Å². The van der Waals surface area contributed by atoms with Crippen molar-refractivity contribution in [1.82, 2.24) is 10.3 Å². The molecule has 1 rings (SSSR count). The molecule has 0 spiro atoms.